The molecule has 132 valence electrons. The summed E-state index contributed by atoms with van der Waals surface area (Å²) >= 11 is 0. The van der Waals surface area contributed by atoms with E-state index in [9.17, 15) is 19.2 Å². The summed E-state index contributed by atoms with van der Waals surface area (Å²) in [5.41, 5.74) is 0. The Balaban J connectivity index is 4.48. The van der Waals surface area contributed by atoms with Gasteiger partial charge in [0.2, 0.25) is 0 Å². The molecule has 0 fully saturated rings. The SMILES string of the molecule is CC(C)C(=O)OC(C)C(=O)OC(C)C(=O)OC(C)C(=O)C(C)C. The van der Waals surface area contributed by atoms with Crippen LogP contribution in [0.15, 0.2) is 0 Å². The molecule has 0 aliphatic heterocycles. The average Bonchev–Trinajstić information content (AvgIpc) is 2.45. The molecule has 23 heavy (non-hydrogen) atoms. The second kappa shape index (κ2) is 9.27. The van der Waals surface area contributed by atoms with Crippen molar-refractivity contribution < 1.29 is 33.4 Å². The summed E-state index contributed by atoms with van der Waals surface area (Å²) in [7, 11) is 0. The van der Waals surface area contributed by atoms with Crippen molar-refractivity contribution in [2.45, 2.75) is 66.8 Å². The number of ether oxygens (including phenoxy) is 3. The summed E-state index contributed by atoms with van der Waals surface area (Å²) in [6, 6.07) is 0. The normalized spacial score (nSPS) is 14.8. The maximum absolute atomic E-state index is 11.8. The van der Waals surface area contributed by atoms with Gasteiger partial charge in [0.15, 0.2) is 24.1 Å². The molecule has 0 heterocycles. The maximum atomic E-state index is 11.8. The standard InChI is InChI=1S/C16H26O7/c1-8(2)13(17)10(5)21-15(19)12(7)23-16(20)11(6)22-14(18)9(3)4/h8-12H,1-7H3. The molecule has 0 amide bonds. The molecule has 3 unspecified atom stereocenters. The first-order chi connectivity index (χ1) is 10.5. The highest BCUT2D eigenvalue weighted by Crippen LogP contribution is 2.08. The Morgan fingerprint density at radius 1 is 0.522 bits per heavy atom. The molecule has 0 aromatic carbocycles. The van der Waals surface area contributed by atoms with Gasteiger partial charge < -0.3 is 14.2 Å². The summed E-state index contributed by atoms with van der Waals surface area (Å²) in [5.74, 6) is -3.10. The summed E-state index contributed by atoms with van der Waals surface area (Å²) in [4.78, 5) is 46.7. The van der Waals surface area contributed by atoms with E-state index in [1.165, 1.54) is 20.8 Å². The molecule has 0 spiro atoms. The average molecular weight is 330 g/mol. The molecule has 0 N–H and O–H groups in total. The van der Waals surface area contributed by atoms with Crippen LogP contribution >= 0.6 is 0 Å². The first-order valence-electron chi connectivity index (χ1n) is 7.62. The van der Waals surface area contributed by atoms with Crippen LogP contribution in [-0.2, 0) is 33.4 Å². The molecule has 0 saturated heterocycles. The molecular formula is C16H26O7. The molecular weight excluding hydrogens is 304 g/mol. The fourth-order valence-electron chi connectivity index (χ4n) is 1.47. The predicted molar refractivity (Wildman–Crippen MR) is 81.3 cm³/mol. The predicted octanol–water partition coefficient (Wildman–Crippen LogP) is 1.66. The number of esters is 3. The molecule has 0 saturated carbocycles. The molecule has 0 rings (SSSR count). The molecule has 0 aliphatic carbocycles. The Hall–Kier alpha value is -1.92. The Bertz CT molecular complexity index is 453. The second-order valence-corrected chi connectivity index (χ2v) is 5.95. The van der Waals surface area contributed by atoms with Crippen LogP contribution in [0.4, 0.5) is 0 Å². The van der Waals surface area contributed by atoms with Gasteiger partial charge in [-0.2, -0.15) is 0 Å². The van der Waals surface area contributed by atoms with E-state index in [1.807, 2.05) is 0 Å². The van der Waals surface area contributed by atoms with E-state index in [4.69, 9.17) is 14.2 Å². The summed E-state index contributed by atoms with van der Waals surface area (Å²) in [6.07, 6.45) is -3.25. The number of Topliss-reactive ketones (excluding diaryl/α,β-unsaturated/α-hetero) is 1. The maximum Gasteiger partial charge on any atom is 0.347 e. The van der Waals surface area contributed by atoms with Gasteiger partial charge >= 0.3 is 17.9 Å². The largest absolute Gasteiger partial charge is 0.452 e. The third kappa shape index (κ3) is 7.25. The first kappa shape index (κ1) is 21.1. The highest BCUT2D eigenvalue weighted by Gasteiger charge is 2.28. The Morgan fingerprint density at radius 3 is 1.22 bits per heavy atom. The van der Waals surface area contributed by atoms with Gasteiger partial charge in [-0.1, -0.05) is 27.7 Å². The molecule has 7 nitrogen and oxygen atoms in total. The molecule has 0 radical (unpaired) electrons. The highest BCUT2D eigenvalue weighted by molar-refractivity contribution is 5.88. The lowest BCUT2D eigenvalue weighted by atomic mass is 10.1. The van der Waals surface area contributed by atoms with Gasteiger partial charge in [-0.25, -0.2) is 9.59 Å². The minimum Gasteiger partial charge on any atom is -0.452 e. The Morgan fingerprint density at radius 2 is 0.870 bits per heavy atom. The van der Waals surface area contributed by atoms with Gasteiger partial charge in [0.1, 0.15) is 0 Å². The fourth-order valence-corrected chi connectivity index (χ4v) is 1.47. The fraction of sp³-hybridized carbons (Fsp3) is 0.750. The zero-order valence-corrected chi connectivity index (χ0v) is 14.7. The summed E-state index contributed by atoms with van der Waals surface area (Å²) in [5, 5.41) is 0. The highest BCUT2D eigenvalue weighted by atomic mass is 16.6. The van der Waals surface area contributed by atoms with Gasteiger partial charge in [-0.3, -0.25) is 9.59 Å². The third-order valence-electron chi connectivity index (χ3n) is 2.98. The van der Waals surface area contributed by atoms with E-state index in [2.05, 4.69) is 0 Å². The second-order valence-electron chi connectivity index (χ2n) is 5.95. The minimum atomic E-state index is -1.20. The zero-order chi connectivity index (χ0) is 18.3. The lowest BCUT2D eigenvalue weighted by molar-refractivity contribution is -0.180. The molecule has 3 atom stereocenters. The van der Waals surface area contributed by atoms with Crippen molar-refractivity contribution in [3.63, 3.8) is 0 Å². The van der Waals surface area contributed by atoms with Crippen LogP contribution in [-0.4, -0.2) is 42.0 Å². The number of rotatable bonds is 8. The molecule has 0 bridgehead atoms. The van der Waals surface area contributed by atoms with Crippen molar-refractivity contribution in [3.8, 4) is 0 Å². The van der Waals surface area contributed by atoms with E-state index >= 15 is 0 Å². The van der Waals surface area contributed by atoms with Crippen LogP contribution in [0.5, 0.6) is 0 Å². The Labute approximate surface area is 136 Å². The monoisotopic (exact) mass is 330 g/mol. The number of hydrogen-bond donors (Lipinski definition) is 0. The van der Waals surface area contributed by atoms with Crippen molar-refractivity contribution >= 4 is 23.7 Å². The van der Waals surface area contributed by atoms with Crippen LogP contribution in [0.25, 0.3) is 0 Å². The van der Waals surface area contributed by atoms with Crippen molar-refractivity contribution in [3.05, 3.63) is 0 Å². The van der Waals surface area contributed by atoms with E-state index < -0.39 is 36.2 Å². The van der Waals surface area contributed by atoms with Gasteiger partial charge in [-0.05, 0) is 20.8 Å². The Kier molecular flexibility index (Phi) is 8.50. The quantitative estimate of drug-likeness (QED) is 0.493. The lowest BCUT2D eigenvalue weighted by Crippen LogP contribution is -2.36. The summed E-state index contributed by atoms with van der Waals surface area (Å²) in [6.45, 7) is 10.8. The molecule has 0 aliphatic rings. The third-order valence-corrected chi connectivity index (χ3v) is 2.98. The van der Waals surface area contributed by atoms with Crippen molar-refractivity contribution in [1.29, 1.82) is 0 Å². The van der Waals surface area contributed by atoms with Gasteiger partial charge in [0.05, 0.1) is 5.92 Å². The number of carbonyl (C=O) groups is 4. The molecule has 0 aromatic rings. The van der Waals surface area contributed by atoms with E-state index in [1.54, 1.807) is 27.7 Å². The van der Waals surface area contributed by atoms with E-state index in [0.717, 1.165) is 0 Å². The van der Waals surface area contributed by atoms with Gasteiger partial charge in [0.25, 0.3) is 0 Å². The molecule has 0 aromatic heterocycles. The van der Waals surface area contributed by atoms with Crippen LogP contribution in [0.2, 0.25) is 0 Å². The lowest BCUT2D eigenvalue weighted by Gasteiger charge is -2.19. The van der Waals surface area contributed by atoms with Crippen molar-refractivity contribution in [1.82, 2.24) is 0 Å². The van der Waals surface area contributed by atoms with Crippen LogP contribution in [0, 0.1) is 11.8 Å². The number of ketones is 1. The van der Waals surface area contributed by atoms with Crippen LogP contribution < -0.4 is 0 Å². The summed E-state index contributed by atoms with van der Waals surface area (Å²) < 4.78 is 14.7. The minimum absolute atomic E-state index is 0.226. The van der Waals surface area contributed by atoms with Crippen molar-refractivity contribution in [2.24, 2.45) is 11.8 Å². The van der Waals surface area contributed by atoms with Gasteiger partial charge in [-0.15, -0.1) is 0 Å². The van der Waals surface area contributed by atoms with Crippen LogP contribution in [0.1, 0.15) is 48.5 Å². The smallest absolute Gasteiger partial charge is 0.347 e. The van der Waals surface area contributed by atoms with Crippen molar-refractivity contribution in [2.75, 3.05) is 0 Å². The number of carbonyl (C=O) groups excluding carboxylic acids is 4. The first-order valence-corrected chi connectivity index (χ1v) is 7.62. The van der Waals surface area contributed by atoms with E-state index in [0.29, 0.717) is 0 Å². The van der Waals surface area contributed by atoms with E-state index in [-0.39, 0.29) is 17.6 Å². The zero-order valence-electron chi connectivity index (χ0n) is 14.7. The number of hydrogen-bond acceptors (Lipinski definition) is 7. The van der Waals surface area contributed by atoms with Crippen LogP contribution in [0.3, 0.4) is 0 Å². The molecule has 7 heteroatoms. The topological polar surface area (TPSA) is 96.0 Å². The van der Waals surface area contributed by atoms with Gasteiger partial charge in [0, 0.05) is 5.92 Å².